The van der Waals surface area contributed by atoms with Crippen LogP contribution in [-0.2, 0) is 0 Å². The minimum atomic E-state index is -0.822. The van der Waals surface area contributed by atoms with E-state index < -0.39 is 17.7 Å². The van der Waals surface area contributed by atoms with E-state index in [1.807, 2.05) is 0 Å². The van der Waals surface area contributed by atoms with Gasteiger partial charge in [0.15, 0.2) is 11.5 Å². The zero-order chi connectivity index (χ0) is 15.6. The van der Waals surface area contributed by atoms with E-state index in [2.05, 4.69) is 15.9 Å². The van der Waals surface area contributed by atoms with Gasteiger partial charge in [0.1, 0.15) is 11.6 Å². The summed E-state index contributed by atoms with van der Waals surface area (Å²) in [5.74, 6) is -0.359. The van der Waals surface area contributed by atoms with Crippen molar-refractivity contribution in [3.05, 3.63) is 57.6 Å². The van der Waals surface area contributed by atoms with Crippen LogP contribution in [0.15, 0.2) is 34.8 Å². The summed E-state index contributed by atoms with van der Waals surface area (Å²) in [7, 11) is 2.87. The summed E-state index contributed by atoms with van der Waals surface area (Å²) in [4.78, 5) is 0. The molecule has 2 rings (SSSR count). The molecule has 0 aliphatic rings. The molecule has 21 heavy (non-hydrogen) atoms. The van der Waals surface area contributed by atoms with Crippen LogP contribution in [0, 0.1) is 11.6 Å². The topological polar surface area (TPSA) is 44.5 Å². The molecule has 2 aromatic carbocycles. The second-order valence-corrected chi connectivity index (χ2v) is 5.32. The zero-order valence-corrected chi connectivity index (χ0v) is 13.1. The van der Waals surface area contributed by atoms with Crippen molar-refractivity contribution < 1.29 is 18.3 Å². The molecule has 0 amide bonds. The van der Waals surface area contributed by atoms with E-state index in [-0.39, 0.29) is 11.3 Å². The molecule has 3 nitrogen and oxygen atoms in total. The highest BCUT2D eigenvalue weighted by molar-refractivity contribution is 9.10. The van der Waals surface area contributed by atoms with Gasteiger partial charge in [-0.15, -0.1) is 0 Å². The number of hydrogen-bond acceptors (Lipinski definition) is 3. The van der Waals surface area contributed by atoms with Crippen molar-refractivity contribution in [1.82, 2.24) is 0 Å². The average Bonchev–Trinajstić information content (AvgIpc) is 2.45. The molecule has 112 valence electrons. The van der Waals surface area contributed by atoms with Crippen LogP contribution < -0.4 is 15.2 Å². The Morgan fingerprint density at radius 2 is 1.62 bits per heavy atom. The van der Waals surface area contributed by atoms with Crippen molar-refractivity contribution in [3.63, 3.8) is 0 Å². The first-order valence-electron chi connectivity index (χ1n) is 6.09. The minimum Gasteiger partial charge on any atom is -0.493 e. The van der Waals surface area contributed by atoms with Crippen molar-refractivity contribution in [1.29, 1.82) is 0 Å². The average molecular weight is 358 g/mol. The van der Waals surface area contributed by atoms with Crippen LogP contribution in [0.1, 0.15) is 17.2 Å². The van der Waals surface area contributed by atoms with Crippen LogP contribution in [0.5, 0.6) is 11.5 Å². The highest BCUT2D eigenvalue weighted by Crippen LogP contribution is 2.34. The first kappa shape index (κ1) is 15.7. The molecule has 0 heterocycles. The van der Waals surface area contributed by atoms with Crippen LogP contribution >= 0.6 is 15.9 Å². The normalized spacial score (nSPS) is 12.1. The standard InChI is InChI=1S/C15H14BrF2NO2/c1-20-13-6-11(12(18)7-14(13)21-2)15(19)8-3-9(16)5-10(17)4-8/h3-7,15H,19H2,1-2H3. The summed E-state index contributed by atoms with van der Waals surface area (Å²) in [6, 6.07) is 6.05. The van der Waals surface area contributed by atoms with Crippen molar-refractivity contribution in [2.45, 2.75) is 6.04 Å². The van der Waals surface area contributed by atoms with E-state index in [0.29, 0.717) is 15.8 Å². The number of benzene rings is 2. The fourth-order valence-corrected chi connectivity index (χ4v) is 2.53. The largest absolute Gasteiger partial charge is 0.493 e. The lowest BCUT2D eigenvalue weighted by molar-refractivity contribution is 0.351. The number of rotatable bonds is 4. The van der Waals surface area contributed by atoms with Gasteiger partial charge in [-0.25, -0.2) is 8.78 Å². The second kappa shape index (κ2) is 6.41. The van der Waals surface area contributed by atoms with Crippen LogP contribution in [-0.4, -0.2) is 14.2 Å². The number of nitrogens with two attached hydrogens (primary N) is 1. The van der Waals surface area contributed by atoms with Gasteiger partial charge >= 0.3 is 0 Å². The predicted octanol–water partition coefficient (Wildman–Crippen LogP) is 3.79. The summed E-state index contributed by atoms with van der Waals surface area (Å²) >= 11 is 3.19. The molecule has 0 fully saturated rings. The molecule has 0 spiro atoms. The Morgan fingerprint density at radius 1 is 1.00 bits per heavy atom. The summed E-state index contributed by atoms with van der Waals surface area (Å²) in [5.41, 5.74) is 6.70. The fraction of sp³-hybridized carbons (Fsp3) is 0.200. The van der Waals surface area contributed by atoms with Crippen LogP contribution in [0.25, 0.3) is 0 Å². The Balaban J connectivity index is 2.49. The van der Waals surface area contributed by atoms with Gasteiger partial charge in [0.05, 0.1) is 20.3 Å². The number of hydrogen-bond donors (Lipinski definition) is 1. The third kappa shape index (κ3) is 3.33. The molecule has 0 radical (unpaired) electrons. The highest BCUT2D eigenvalue weighted by atomic mass is 79.9. The van der Waals surface area contributed by atoms with Gasteiger partial charge in [-0.1, -0.05) is 15.9 Å². The van der Waals surface area contributed by atoms with E-state index in [1.54, 1.807) is 6.07 Å². The molecule has 0 saturated heterocycles. The van der Waals surface area contributed by atoms with Crippen molar-refractivity contribution >= 4 is 15.9 Å². The maximum atomic E-state index is 14.2. The van der Waals surface area contributed by atoms with Crippen molar-refractivity contribution in [3.8, 4) is 11.5 Å². The molecule has 2 N–H and O–H groups in total. The maximum absolute atomic E-state index is 14.2. The molecule has 2 aromatic rings. The number of ether oxygens (including phenoxy) is 2. The molecule has 1 atom stereocenters. The molecule has 0 saturated carbocycles. The first-order chi connectivity index (χ1) is 9.96. The highest BCUT2D eigenvalue weighted by Gasteiger charge is 2.19. The summed E-state index contributed by atoms with van der Waals surface area (Å²) in [6.45, 7) is 0. The minimum absolute atomic E-state index is 0.199. The summed E-state index contributed by atoms with van der Waals surface area (Å²) < 4.78 is 38.3. The number of halogens is 3. The fourth-order valence-electron chi connectivity index (χ4n) is 2.04. The number of methoxy groups -OCH3 is 2. The van der Waals surface area contributed by atoms with E-state index in [0.717, 1.165) is 0 Å². The van der Waals surface area contributed by atoms with Gasteiger partial charge in [0, 0.05) is 16.1 Å². The summed E-state index contributed by atoms with van der Waals surface area (Å²) in [6.07, 6.45) is 0. The molecular weight excluding hydrogens is 344 g/mol. The smallest absolute Gasteiger partial charge is 0.163 e. The third-order valence-corrected chi connectivity index (χ3v) is 3.54. The Hall–Kier alpha value is -1.66. The second-order valence-electron chi connectivity index (χ2n) is 4.41. The van der Waals surface area contributed by atoms with E-state index in [4.69, 9.17) is 15.2 Å². The van der Waals surface area contributed by atoms with Gasteiger partial charge in [0.25, 0.3) is 0 Å². The SMILES string of the molecule is COc1cc(F)c(C(N)c2cc(F)cc(Br)c2)cc1OC. The van der Waals surface area contributed by atoms with Crippen LogP contribution in [0.3, 0.4) is 0 Å². The Labute approximate surface area is 129 Å². The molecule has 0 aliphatic heterocycles. The molecule has 0 aromatic heterocycles. The maximum Gasteiger partial charge on any atom is 0.163 e. The predicted molar refractivity (Wildman–Crippen MR) is 79.6 cm³/mol. The van der Waals surface area contributed by atoms with Crippen molar-refractivity contribution in [2.24, 2.45) is 5.73 Å². The molecule has 1 unspecified atom stereocenters. The van der Waals surface area contributed by atoms with Gasteiger partial charge in [-0.2, -0.15) is 0 Å². The Morgan fingerprint density at radius 3 is 2.19 bits per heavy atom. The van der Waals surface area contributed by atoms with Gasteiger partial charge < -0.3 is 15.2 Å². The first-order valence-corrected chi connectivity index (χ1v) is 6.88. The molecular formula is C15H14BrF2NO2. The van der Waals surface area contributed by atoms with E-state index in [1.165, 1.54) is 38.5 Å². The lowest BCUT2D eigenvalue weighted by atomic mass is 9.98. The van der Waals surface area contributed by atoms with Crippen LogP contribution in [0.4, 0.5) is 8.78 Å². The zero-order valence-electron chi connectivity index (χ0n) is 11.5. The Kier molecular flexibility index (Phi) is 4.80. The quantitative estimate of drug-likeness (QED) is 0.905. The van der Waals surface area contributed by atoms with Crippen LogP contribution in [0.2, 0.25) is 0 Å². The van der Waals surface area contributed by atoms with Gasteiger partial charge in [-0.05, 0) is 29.8 Å². The molecule has 0 aliphatic carbocycles. The van der Waals surface area contributed by atoms with Gasteiger partial charge in [0.2, 0.25) is 0 Å². The monoisotopic (exact) mass is 357 g/mol. The molecule has 0 bridgehead atoms. The van der Waals surface area contributed by atoms with E-state index in [9.17, 15) is 8.78 Å². The Bertz CT molecular complexity index is 644. The lowest BCUT2D eigenvalue weighted by Crippen LogP contribution is -2.14. The lowest BCUT2D eigenvalue weighted by Gasteiger charge is -2.17. The van der Waals surface area contributed by atoms with Gasteiger partial charge in [-0.3, -0.25) is 0 Å². The van der Waals surface area contributed by atoms with Crippen molar-refractivity contribution in [2.75, 3.05) is 14.2 Å². The summed E-state index contributed by atoms with van der Waals surface area (Å²) in [5, 5.41) is 0. The third-order valence-electron chi connectivity index (χ3n) is 3.08. The molecule has 6 heteroatoms. The van der Waals surface area contributed by atoms with E-state index >= 15 is 0 Å².